The zero-order valence-electron chi connectivity index (χ0n) is 6.27. The molecule has 0 aliphatic carbocycles. The molecule has 0 saturated carbocycles. The van der Waals surface area contributed by atoms with Crippen molar-refractivity contribution in [3.05, 3.63) is 12.2 Å². The predicted molar refractivity (Wildman–Crippen MR) is 39.5 cm³/mol. The maximum atomic E-state index is 10.6. The zero-order chi connectivity index (χ0) is 8.97. The van der Waals surface area contributed by atoms with Crippen molar-refractivity contribution in [2.24, 2.45) is 0 Å². The van der Waals surface area contributed by atoms with Crippen LogP contribution in [0.25, 0.3) is 0 Å². The molecule has 5 heteroatoms. The van der Waals surface area contributed by atoms with Crippen LogP contribution in [0.5, 0.6) is 0 Å². The van der Waals surface area contributed by atoms with E-state index in [1.54, 1.807) is 0 Å². The van der Waals surface area contributed by atoms with Gasteiger partial charge in [0.15, 0.2) is 0 Å². The Kier molecular flexibility index (Phi) is 2.82. The number of hydrogen-bond acceptors (Lipinski definition) is 4. The smallest absolute Gasteiger partial charge is 0.408 e. The Morgan fingerprint density at radius 3 is 3.00 bits per heavy atom. The number of ether oxygens (including phenoxy) is 1. The quantitative estimate of drug-likeness (QED) is 0.431. The third-order valence-electron chi connectivity index (χ3n) is 1.52. The Labute approximate surface area is 69.0 Å². The summed E-state index contributed by atoms with van der Waals surface area (Å²) in [5, 5.41) is 11.1. The monoisotopic (exact) mass is 171 g/mol. The van der Waals surface area contributed by atoms with Gasteiger partial charge in [-0.2, -0.15) is 0 Å². The molecule has 5 nitrogen and oxygen atoms in total. The first kappa shape index (κ1) is 8.73. The summed E-state index contributed by atoms with van der Waals surface area (Å²) >= 11 is 0. The van der Waals surface area contributed by atoms with Crippen LogP contribution in [0.2, 0.25) is 0 Å². The average Bonchev–Trinajstić information content (AvgIpc) is 2.42. The van der Waals surface area contributed by atoms with Gasteiger partial charge >= 0.3 is 6.09 Å². The van der Waals surface area contributed by atoms with Gasteiger partial charge in [0, 0.05) is 0 Å². The van der Waals surface area contributed by atoms with Gasteiger partial charge in [-0.3, -0.25) is 4.79 Å². The molecular weight excluding hydrogens is 162 g/mol. The van der Waals surface area contributed by atoms with E-state index in [2.05, 4.69) is 5.32 Å². The van der Waals surface area contributed by atoms with Crippen LogP contribution >= 0.6 is 0 Å². The van der Waals surface area contributed by atoms with Crippen molar-refractivity contribution >= 4 is 12.4 Å². The lowest BCUT2D eigenvalue weighted by molar-refractivity contribution is -0.104. The van der Waals surface area contributed by atoms with Gasteiger partial charge in [-0.1, -0.05) is 0 Å². The molecule has 0 unspecified atom stereocenters. The molecule has 2 atom stereocenters. The van der Waals surface area contributed by atoms with E-state index in [1.165, 1.54) is 12.2 Å². The summed E-state index contributed by atoms with van der Waals surface area (Å²) in [5.74, 6) is 0. The molecule has 0 aromatic heterocycles. The van der Waals surface area contributed by atoms with Gasteiger partial charge in [-0.05, 0) is 12.2 Å². The molecule has 0 spiro atoms. The number of rotatable bonds is 3. The van der Waals surface area contributed by atoms with Crippen LogP contribution in [0, 0.1) is 0 Å². The van der Waals surface area contributed by atoms with E-state index in [-0.39, 0.29) is 6.61 Å². The van der Waals surface area contributed by atoms with Crippen LogP contribution in [0.1, 0.15) is 0 Å². The number of aliphatic hydroxyl groups is 1. The van der Waals surface area contributed by atoms with Crippen molar-refractivity contribution in [1.82, 2.24) is 5.32 Å². The van der Waals surface area contributed by atoms with Gasteiger partial charge in [0.25, 0.3) is 0 Å². The molecule has 2 N–H and O–H groups in total. The average molecular weight is 171 g/mol. The second-order valence-electron chi connectivity index (χ2n) is 2.32. The summed E-state index contributed by atoms with van der Waals surface area (Å²) in [5.41, 5.74) is 0. The van der Waals surface area contributed by atoms with Crippen molar-refractivity contribution in [3.8, 4) is 0 Å². The van der Waals surface area contributed by atoms with Crippen molar-refractivity contribution in [2.45, 2.75) is 12.1 Å². The maximum Gasteiger partial charge on any atom is 0.408 e. The van der Waals surface area contributed by atoms with Crippen molar-refractivity contribution in [3.63, 3.8) is 0 Å². The molecule has 1 saturated heterocycles. The first-order valence-electron chi connectivity index (χ1n) is 3.48. The molecule has 1 fully saturated rings. The Morgan fingerprint density at radius 2 is 2.42 bits per heavy atom. The van der Waals surface area contributed by atoms with Crippen LogP contribution in [-0.2, 0) is 9.53 Å². The Bertz CT molecular complexity index is 213. The van der Waals surface area contributed by atoms with Gasteiger partial charge in [0.2, 0.25) is 0 Å². The van der Waals surface area contributed by atoms with E-state index in [9.17, 15) is 9.59 Å². The van der Waals surface area contributed by atoms with Crippen LogP contribution in [0.15, 0.2) is 12.2 Å². The van der Waals surface area contributed by atoms with Crippen LogP contribution < -0.4 is 5.32 Å². The van der Waals surface area contributed by atoms with Crippen molar-refractivity contribution < 1.29 is 19.4 Å². The standard InChI is InChI=1S/C7H9NO4/c9-3-1-2-6-5(4-10)8-7(11)12-6/h1-3,5-6,10H,4H2,(H,8,11)/b2-1-/t5-,6+/m0/s1. The number of nitrogens with one attached hydrogen (secondary N) is 1. The molecule has 0 bridgehead atoms. The maximum absolute atomic E-state index is 10.6. The number of amides is 1. The van der Waals surface area contributed by atoms with E-state index in [1.807, 2.05) is 0 Å². The first-order valence-corrected chi connectivity index (χ1v) is 3.48. The summed E-state index contributed by atoms with van der Waals surface area (Å²) in [6, 6.07) is -0.450. The summed E-state index contributed by atoms with van der Waals surface area (Å²) in [6.45, 7) is -0.209. The molecule has 1 rings (SSSR count). The molecule has 1 aliphatic rings. The van der Waals surface area contributed by atoms with E-state index in [4.69, 9.17) is 9.84 Å². The number of aliphatic hydroxyl groups excluding tert-OH is 1. The van der Waals surface area contributed by atoms with Crippen molar-refractivity contribution in [2.75, 3.05) is 6.61 Å². The highest BCUT2D eigenvalue weighted by Gasteiger charge is 2.31. The minimum atomic E-state index is -0.574. The van der Waals surface area contributed by atoms with E-state index < -0.39 is 18.2 Å². The molecule has 1 aliphatic heterocycles. The zero-order valence-corrected chi connectivity index (χ0v) is 6.27. The van der Waals surface area contributed by atoms with Gasteiger partial charge in [-0.25, -0.2) is 4.79 Å². The molecular formula is C7H9NO4. The highest BCUT2D eigenvalue weighted by molar-refractivity contribution is 5.71. The summed E-state index contributed by atoms with van der Waals surface area (Å²) in [6.07, 6.45) is 2.11. The molecule has 12 heavy (non-hydrogen) atoms. The minimum Gasteiger partial charge on any atom is -0.440 e. The fraction of sp³-hybridized carbons (Fsp3) is 0.429. The lowest BCUT2D eigenvalue weighted by Gasteiger charge is -2.08. The van der Waals surface area contributed by atoms with Gasteiger partial charge in [0.05, 0.1) is 12.6 Å². The van der Waals surface area contributed by atoms with E-state index in [0.717, 1.165) is 0 Å². The first-order chi connectivity index (χ1) is 5.77. The van der Waals surface area contributed by atoms with Gasteiger partial charge in [0.1, 0.15) is 12.4 Å². The summed E-state index contributed by atoms with van der Waals surface area (Å²) in [4.78, 5) is 20.5. The molecule has 1 heterocycles. The Balaban J connectivity index is 2.57. The summed E-state index contributed by atoms with van der Waals surface area (Å²) < 4.78 is 4.71. The Hall–Kier alpha value is -1.36. The second kappa shape index (κ2) is 3.87. The molecule has 0 aromatic rings. The van der Waals surface area contributed by atoms with Crippen molar-refractivity contribution in [1.29, 1.82) is 0 Å². The fourth-order valence-electron chi connectivity index (χ4n) is 0.951. The number of alkyl carbamates (subject to hydrolysis) is 1. The SMILES string of the molecule is O=C/C=C\[C@H]1OC(=O)N[C@H]1CO. The van der Waals surface area contributed by atoms with Crippen LogP contribution in [-0.4, -0.2) is 36.2 Å². The lowest BCUT2D eigenvalue weighted by Crippen LogP contribution is -2.33. The topological polar surface area (TPSA) is 75.6 Å². The normalized spacial score (nSPS) is 28.6. The summed E-state index contributed by atoms with van der Waals surface area (Å²) in [7, 11) is 0. The number of allylic oxidation sites excluding steroid dienone is 1. The van der Waals surface area contributed by atoms with Gasteiger partial charge < -0.3 is 15.2 Å². The van der Waals surface area contributed by atoms with Crippen LogP contribution in [0.3, 0.4) is 0 Å². The Morgan fingerprint density at radius 1 is 1.67 bits per heavy atom. The number of carbonyl (C=O) groups is 2. The lowest BCUT2D eigenvalue weighted by atomic mass is 10.2. The largest absolute Gasteiger partial charge is 0.440 e. The number of aldehydes is 1. The van der Waals surface area contributed by atoms with E-state index in [0.29, 0.717) is 6.29 Å². The molecule has 0 radical (unpaired) electrons. The molecule has 66 valence electrons. The van der Waals surface area contributed by atoms with Crippen LogP contribution in [0.4, 0.5) is 4.79 Å². The van der Waals surface area contributed by atoms with Gasteiger partial charge in [-0.15, -0.1) is 0 Å². The minimum absolute atomic E-state index is 0.209. The van der Waals surface area contributed by atoms with E-state index >= 15 is 0 Å². The number of carbonyl (C=O) groups excluding carboxylic acids is 2. The third kappa shape index (κ3) is 1.82. The number of cyclic esters (lactones) is 1. The molecule has 1 amide bonds. The highest BCUT2D eigenvalue weighted by atomic mass is 16.6. The fourth-order valence-corrected chi connectivity index (χ4v) is 0.951. The number of hydrogen-bond donors (Lipinski definition) is 2. The third-order valence-corrected chi connectivity index (χ3v) is 1.52. The highest BCUT2D eigenvalue weighted by Crippen LogP contribution is 2.08. The predicted octanol–water partition coefficient (Wildman–Crippen LogP) is -0.789. The second-order valence-corrected chi connectivity index (χ2v) is 2.32. The molecule has 0 aromatic carbocycles.